The molecule has 9 heteroatoms. The second-order valence-electron chi connectivity index (χ2n) is 4.58. The van der Waals surface area contributed by atoms with Crippen molar-refractivity contribution in [3.05, 3.63) is 28.5 Å². The van der Waals surface area contributed by atoms with Crippen LogP contribution in [0.2, 0.25) is 5.02 Å². The number of methoxy groups -OCH3 is 1. The van der Waals surface area contributed by atoms with E-state index in [1.807, 2.05) is 6.92 Å². The summed E-state index contributed by atoms with van der Waals surface area (Å²) in [6.45, 7) is 2.54. The molecule has 1 amide bonds. The van der Waals surface area contributed by atoms with Crippen molar-refractivity contribution in [2.24, 2.45) is 11.1 Å². The second kappa shape index (κ2) is 7.17. The number of carbonyl (C=O) groups excluding carboxylic acids is 1. The van der Waals surface area contributed by atoms with Crippen LogP contribution in [0.5, 0.6) is 0 Å². The van der Waals surface area contributed by atoms with Crippen LogP contribution in [-0.2, 0) is 14.8 Å². The van der Waals surface area contributed by atoms with E-state index in [1.54, 1.807) is 0 Å². The molecule has 6 nitrogen and oxygen atoms in total. The predicted octanol–water partition coefficient (Wildman–Crippen LogP) is 1.14. The fraction of sp³-hybridized carbons (Fsp3) is 0.417. The first-order valence-corrected chi connectivity index (χ1v) is 7.88. The molecule has 0 radical (unpaired) electrons. The number of hydrogen-bond acceptors (Lipinski definition) is 4. The van der Waals surface area contributed by atoms with Gasteiger partial charge in [-0.15, -0.1) is 0 Å². The van der Waals surface area contributed by atoms with Gasteiger partial charge >= 0.3 is 0 Å². The summed E-state index contributed by atoms with van der Waals surface area (Å²) in [5, 5.41) is 6.99. The number of carbonyl (C=O) groups is 1. The minimum atomic E-state index is -4.14. The Morgan fingerprint density at radius 1 is 1.52 bits per heavy atom. The predicted molar refractivity (Wildman–Crippen MR) is 76.2 cm³/mol. The highest BCUT2D eigenvalue weighted by Crippen LogP contribution is 2.24. The average Bonchev–Trinajstić information content (AvgIpc) is 2.38. The normalized spacial score (nSPS) is 13.0. The molecule has 118 valence electrons. The zero-order valence-corrected chi connectivity index (χ0v) is 13.1. The Kier molecular flexibility index (Phi) is 6.09. The molecule has 0 heterocycles. The highest BCUT2D eigenvalue weighted by molar-refractivity contribution is 7.89. The van der Waals surface area contributed by atoms with Gasteiger partial charge in [0.15, 0.2) is 0 Å². The van der Waals surface area contributed by atoms with Gasteiger partial charge < -0.3 is 10.1 Å². The van der Waals surface area contributed by atoms with Gasteiger partial charge in [0, 0.05) is 13.7 Å². The van der Waals surface area contributed by atoms with Gasteiger partial charge in [0.25, 0.3) is 5.91 Å². The Balaban J connectivity index is 3.01. The third-order valence-corrected chi connectivity index (χ3v) is 3.91. The monoisotopic (exact) mass is 338 g/mol. The number of rotatable bonds is 6. The van der Waals surface area contributed by atoms with Crippen LogP contribution in [0.15, 0.2) is 17.0 Å². The van der Waals surface area contributed by atoms with E-state index in [0.29, 0.717) is 12.7 Å². The topological polar surface area (TPSA) is 98.5 Å². The molecular weight excluding hydrogens is 323 g/mol. The van der Waals surface area contributed by atoms with E-state index < -0.39 is 31.7 Å². The molecule has 0 bridgehead atoms. The lowest BCUT2D eigenvalue weighted by molar-refractivity contribution is 0.0933. The van der Waals surface area contributed by atoms with Crippen molar-refractivity contribution >= 4 is 27.5 Å². The Morgan fingerprint density at radius 2 is 2.14 bits per heavy atom. The molecule has 0 saturated carbocycles. The SMILES string of the molecule is COCC(C)CNC(=O)c1cc(S(N)(=O)=O)cc(F)c1Cl. The summed E-state index contributed by atoms with van der Waals surface area (Å²) in [6, 6.07) is 1.61. The lowest BCUT2D eigenvalue weighted by Crippen LogP contribution is -2.30. The number of sulfonamides is 1. The van der Waals surface area contributed by atoms with Crippen LogP contribution >= 0.6 is 11.6 Å². The van der Waals surface area contributed by atoms with E-state index in [-0.39, 0.29) is 18.0 Å². The maximum atomic E-state index is 13.6. The van der Waals surface area contributed by atoms with Crippen LogP contribution in [0.3, 0.4) is 0 Å². The summed E-state index contributed by atoms with van der Waals surface area (Å²) < 4.78 is 41.0. The number of amides is 1. The minimum absolute atomic E-state index is 0.0315. The molecule has 0 aromatic heterocycles. The maximum absolute atomic E-state index is 13.6. The Hall–Kier alpha value is -1.22. The molecule has 0 spiro atoms. The maximum Gasteiger partial charge on any atom is 0.252 e. The number of ether oxygens (including phenoxy) is 1. The standard InChI is InChI=1S/C12H16ClFN2O4S/c1-7(6-20-2)5-16-12(17)9-3-8(21(15,18)19)4-10(14)11(9)13/h3-4,7H,5-6H2,1-2H3,(H,16,17)(H2,15,18,19). The quantitative estimate of drug-likeness (QED) is 0.812. The van der Waals surface area contributed by atoms with Gasteiger partial charge in [-0.1, -0.05) is 18.5 Å². The Morgan fingerprint density at radius 3 is 2.67 bits per heavy atom. The molecule has 0 aliphatic heterocycles. The van der Waals surface area contributed by atoms with E-state index >= 15 is 0 Å². The minimum Gasteiger partial charge on any atom is -0.384 e. The van der Waals surface area contributed by atoms with Gasteiger partial charge in [0.2, 0.25) is 10.0 Å². The van der Waals surface area contributed by atoms with Crippen LogP contribution in [0.25, 0.3) is 0 Å². The number of halogens is 2. The molecule has 3 N–H and O–H groups in total. The lowest BCUT2D eigenvalue weighted by atomic mass is 10.1. The van der Waals surface area contributed by atoms with Gasteiger partial charge in [-0.05, 0) is 18.1 Å². The van der Waals surface area contributed by atoms with E-state index in [9.17, 15) is 17.6 Å². The summed E-state index contributed by atoms with van der Waals surface area (Å²) in [4.78, 5) is 11.5. The highest BCUT2D eigenvalue weighted by atomic mass is 35.5. The van der Waals surface area contributed by atoms with Gasteiger partial charge in [-0.2, -0.15) is 0 Å². The highest BCUT2D eigenvalue weighted by Gasteiger charge is 2.20. The van der Waals surface area contributed by atoms with Crippen molar-refractivity contribution in [2.45, 2.75) is 11.8 Å². The summed E-state index contributed by atoms with van der Waals surface area (Å²) in [5.41, 5.74) is -0.287. The summed E-state index contributed by atoms with van der Waals surface area (Å²) in [7, 11) is -2.61. The first kappa shape index (κ1) is 17.8. The van der Waals surface area contributed by atoms with E-state index in [0.717, 1.165) is 6.07 Å². The van der Waals surface area contributed by atoms with E-state index in [2.05, 4.69) is 5.32 Å². The number of benzene rings is 1. The van der Waals surface area contributed by atoms with Crippen LogP contribution in [0.4, 0.5) is 4.39 Å². The van der Waals surface area contributed by atoms with Crippen molar-refractivity contribution < 1.29 is 22.3 Å². The third-order valence-electron chi connectivity index (χ3n) is 2.64. The zero-order valence-electron chi connectivity index (χ0n) is 11.5. The van der Waals surface area contributed by atoms with Crippen LogP contribution < -0.4 is 10.5 Å². The molecule has 1 aromatic rings. The largest absolute Gasteiger partial charge is 0.384 e. The lowest BCUT2D eigenvalue weighted by Gasteiger charge is -2.13. The Labute approximate surface area is 127 Å². The Bertz CT molecular complexity index is 636. The number of primary sulfonamides is 1. The third kappa shape index (κ3) is 4.92. The van der Waals surface area contributed by atoms with Crippen molar-refractivity contribution in [3.8, 4) is 0 Å². The molecular formula is C12H16ClFN2O4S. The van der Waals surface area contributed by atoms with Gasteiger partial charge in [-0.25, -0.2) is 17.9 Å². The van der Waals surface area contributed by atoms with Crippen LogP contribution in [0, 0.1) is 11.7 Å². The zero-order chi connectivity index (χ0) is 16.2. The van der Waals surface area contributed by atoms with Crippen molar-refractivity contribution in [1.82, 2.24) is 5.32 Å². The second-order valence-corrected chi connectivity index (χ2v) is 6.52. The fourth-order valence-corrected chi connectivity index (χ4v) is 2.34. The van der Waals surface area contributed by atoms with Crippen LogP contribution in [0.1, 0.15) is 17.3 Å². The summed E-state index contributed by atoms with van der Waals surface area (Å²) in [6.07, 6.45) is 0. The number of hydrogen-bond donors (Lipinski definition) is 2. The molecule has 21 heavy (non-hydrogen) atoms. The number of nitrogens with one attached hydrogen (secondary N) is 1. The molecule has 1 rings (SSSR count). The first-order chi connectivity index (χ1) is 9.66. The molecule has 0 aliphatic carbocycles. The van der Waals surface area contributed by atoms with Gasteiger partial charge in [0.1, 0.15) is 5.82 Å². The van der Waals surface area contributed by atoms with E-state index in [1.165, 1.54) is 7.11 Å². The number of nitrogens with two attached hydrogens (primary N) is 1. The van der Waals surface area contributed by atoms with Crippen molar-refractivity contribution in [2.75, 3.05) is 20.3 Å². The van der Waals surface area contributed by atoms with E-state index in [4.69, 9.17) is 21.5 Å². The molecule has 1 unspecified atom stereocenters. The summed E-state index contributed by atoms with van der Waals surface area (Å²) in [5.74, 6) is -1.69. The fourth-order valence-electron chi connectivity index (χ4n) is 1.60. The first-order valence-electron chi connectivity index (χ1n) is 5.95. The van der Waals surface area contributed by atoms with Gasteiger partial charge in [0.05, 0.1) is 22.1 Å². The summed E-state index contributed by atoms with van der Waals surface area (Å²) >= 11 is 5.69. The smallest absolute Gasteiger partial charge is 0.252 e. The van der Waals surface area contributed by atoms with Crippen molar-refractivity contribution in [3.63, 3.8) is 0 Å². The van der Waals surface area contributed by atoms with Crippen molar-refractivity contribution in [1.29, 1.82) is 0 Å². The molecule has 1 aromatic carbocycles. The van der Waals surface area contributed by atoms with Crippen LogP contribution in [-0.4, -0.2) is 34.6 Å². The molecule has 0 aliphatic rings. The van der Waals surface area contributed by atoms with Gasteiger partial charge in [-0.3, -0.25) is 4.79 Å². The molecule has 1 atom stereocenters. The average molecular weight is 339 g/mol. The molecule has 0 saturated heterocycles. The molecule has 0 fully saturated rings.